The number of methoxy groups -OCH3 is 1. The maximum Gasteiger partial charge on any atom is 0.205 e. The van der Waals surface area contributed by atoms with E-state index in [1.54, 1.807) is 7.11 Å². The Morgan fingerprint density at radius 1 is 0.909 bits per heavy atom. The molecule has 5 heteroatoms. The van der Waals surface area contributed by atoms with Crippen molar-refractivity contribution in [2.24, 2.45) is 0 Å². The Morgan fingerprint density at radius 3 is 1.94 bits per heavy atom. The van der Waals surface area contributed by atoms with Crippen LogP contribution in [0, 0.1) is 11.5 Å². The van der Waals surface area contributed by atoms with E-state index in [2.05, 4.69) is 42.3 Å². The van der Waals surface area contributed by atoms with E-state index in [0.29, 0.717) is 6.42 Å². The van der Waals surface area contributed by atoms with Crippen LogP contribution >= 0.6 is 7.29 Å². The van der Waals surface area contributed by atoms with Gasteiger partial charge in [0.15, 0.2) is 0 Å². The third-order valence-corrected chi connectivity index (χ3v) is 8.68. The van der Waals surface area contributed by atoms with Crippen molar-refractivity contribution in [3.63, 3.8) is 0 Å². The van der Waals surface area contributed by atoms with Gasteiger partial charge in [0.1, 0.15) is 13.8 Å². The predicted octanol–water partition coefficient (Wildman–Crippen LogP) is 5.87. The highest BCUT2D eigenvalue weighted by atomic mass is 31.2. The molecule has 0 bridgehead atoms. The van der Waals surface area contributed by atoms with E-state index < -0.39 is 15.4 Å². The van der Waals surface area contributed by atoms with Crippen molar-refractivity contribution in [2.45, 2.75) is 32.1 Å². The normalized spacial score (nSPS) is 12.7. The first-order chi connectivity index (χ1) is 15.8. The Bertz CT molecular complexity index is 1110. The van der Waals surface area contributed by atoms with Gasteiger partial charge in [-0.2, -0.15) is 0 Å². The molecular formula is C28H32NO2PSi. The zero-order valence-electron chi connectivity index (χ0n) is 19.8. The highest BCUT2D eigenvalue weighted by molar-refractivity contribution is 7.76. The average Bonchev–Trinajstić information content (AvgIpc) is 2.83. The highest BCUT2D eigenvalue weighted by Gasteiger charge is 2.29. The minimum Gasteiger partial charge on any atom is -0.497 e. The molecule has 0 aliphatic rings. The van der Waals surface area contributed by atoms with E-state index in [4.69, 9.17) is 4.74 Å². The third kappa shape index (κ3) is 7.34. The summed E-state index contributed by atoms with van der Waals surface area (Å²) in [6, 6.07) is 27.0. The molecule has 0 aliphatic carbocycles. The topological polar surface area (TPSA) is 38.3 Å². The van der Waals surface area contributed by atoms with Gasteiger partial charge < -0.3 is 4.74 Å². The Morgan fingerprint density at radius 2 is 1.45 bits per heavy atom. The van der Waals surface area contributed by atoms with Crippen LogP contribution in [0.1, 0.15) is 12.0 Å². The zero-order valence-corrected chi connectivity index (χ0v) is 21.7. The van der Waals surface area contributed by atoms with Crippen LogP contribution in [0.3, 0.4) is 0 Å². The minimum absolute atomic E-state index is 0.179. The van der Waals surface area contributed by atoms with Gasteiger partial charge in [-0.3, -0.25) is 9.65 Å². The fourth-order valence-electron chi connectivity index (χ4n) is 3.33. The van der Waals surface area contributed by atoms with Gasteiger partial charge in [0.05, 0.1) is 7.11 Å². The smallest absolute Gasteiger partial charge is 0.205 e. The summed E-state index contributed by atoms with van der Waals surface area (Å²) < 4.78 is 19.7. The lowest BCUT2D eigenvalue weighted by molar-refractivity contribution is 0.415. The minimum atomic E-state index is -3.07. The van der Waals surface area contributed by atoms with Crippen molar-refractivity contribution in [1.29, 1.82) is 0 Å². The lowest BCUT2D eigenvalue weighted by Crippen LogP contribution is -2.34. The number of hydrogen-bond acceptors (Lipinski definition) is 2. The van der Waals surface area contributed by atoms with Gasteiger partial charge in [0.2, 0.25) is 7.29 Å². The van der Waals surface area contributed by atoms with Gasteiger partial charge in [-0.1, -0.05) is 80.3 Å². The molecular weight excluding hydrogens is 441 g/mol. The second kappa shape index (κ2) is 11.3. The fourth-order valence-corrected chi connectivity index (χ4v) is 6.39. The molecule has 3 nitrogen and oxygen atoms in total. The summed E-state index contributed by atoms with van der Waals surface area (Å²) in [7, 11) is -2.92. The second-order valence-corrected chi connectivity index (χ2v) is 16.2. The summed E-state index contributed by atoms with van der Waals surface area (Å²) in [5.41, 5.74) is 4.49. The van der Waals surface area contributed by atoms with Crippen molar-refractivity contribution in [1.82, 2.24) is 5.09 Å². The van der Waals surface area contributed by atoms with Crippen LogP contribution in [0.2, 0.25) is 19.6 Å². The van der Waals surface area contributed by atoms with Crippen LogP contribution in [0.25, 0.3) is 6.08 Å². The van der Waals surface area contributed by atoms with E-state index in [-0.39, 0.29) is 6.04 Å². The van der Waals surface area contributed by atoms with Crippen molar-refractivity contribution < 1.29 is 9.30 Å². The van der Waals surface area contributed by atoms with Crippen LogP contribution in [-0.4, -0.2) is 21.2 Å². The predicted molar refractivity (Wildman–Crippen MR) is 144 cm³/mol. The van der Waals surface area contributed by atoms with Crippen LogP contribution < -0.4 is 20.4 Å². The quantitative estimate of drug-likeness (QED) is 0.253. The lowest BCUT2D eigenvalue weighted by Gasteiger charge is -2.24. The third-order valence-electron chi connectivity index (χ3n) is 5.01. The van der Waals surface area contributed by atoms with E-state index in [1.807, 2.05) is 91.0 Å². The monoisotopic (exact) mass is 473 g/mol. The molecule has 0 fully saturated rings. The lowest BCUT2D eigenvalue weighted by atomic mass is 10.1. The van der Waals surface area contributed by atoms with Gasteiger partial charge in [-0.15, -0.1) is 11.5 Å². The maximum absolute atomic E-state index is 14.5. The highest BCUT2D eigenvalue weighted by Crippen LogP contribution is 2.39. The van der Waals surface area contributed by atoms with Crippen LogP contribution in [-0.2, 0) is 4.57 Å². The first-order valence-corrected chi connectivity index (χ1v) is 16.3. The summed E-state index contributed by atoms with van der Waals surface area (Å²) in [4.78, 5) is 0. The van der Waals surface area contributed by atoms with Gasteiger partial charge in [-0.05, 0) is 42.0 Å². The SMILES string of the molecule is COc1ccc(/C=C/[C@H](CC#C[Si](C)(C)C)NP(=O)(c2ccccc2)c2ccccc2)cc1. The maximum atomic E-state index is 14.5. The molecule has 1 atom stereocenters. The Balaban J connectivity index is 1.96. The average molecular weight is 474 g/mol. The molecule has 3 rings (SSSR count). The van der Waals surface area contributed by atoms with Crippen molar-refractivity contribution in [3.8, 4) is 17.2 Å². The second-order valence-electron chi connectivity index (χ2n) is 8.90. The van der Waals surface area contributed by atoms with Crippen LogP contribution in [0.15, 0.2) is 91.0 Å². The van der Waals surface area contributed by atoms with Crippen LogP contribution in [0.4, 0.5) is 0 Å². The van der Waals surface area contributed by atoms with E-state index in [0.717, 1.165) is 21.9 Å². The molecule has 0 heterocycles. The van der Waals surface area contributed by atoms with Crippen molar-refractivity contribution in [2.75, 3.05) is 7.11 Å². The summed E-state index contributed by atoms with van der Waals surface area (Å²) in [6.45, 7) is 6.69. The molecule has 1 N–H and O–H groups in total. The van der Waals surface area contributed by atoms with Gasteiger partial charge in [0, 0.05) is 23.1 Å². The van der Waals surface area contributed by atoms with Crippen LogP contribution in [0.5, 0.6) is 5.75 Å². The largest absolute Gasteiger partial charge is 0.497 e. The first kappa shape index (κ1) is 24.8. The van der Waals surface area contributed by atoms with Gasteiger partial charge >= 0.3 is 0 Å². The standard InChI is InChI=1S/C28H32NO2PSi/c1-31-26-21-18-24(19-22-26)17-20-25(12-11-23-33(2,3)4)29-32(30,27-13-7-5-8-14-27)28-15-9-6-10-16-28/h5-10,13-22,25H,12H2,1-4H3,(H,29,30)/b20-17+/t25-/m0/s1. The molecule has 33 heavy (non-hydrogen) atoms. The fraction of sp³-hybridized carbons (Fsp3) is 0.214. The number of benzene rings is 3. The number of hydrogen-bond donors (Lipinski definition) is 1. The summed E-state index contributed by atoms with van der Waals surface area (Å²) >= 11 is 0. The Hall–Kier alpha value is -2.83. The van der Waals surface area contributed by atoms with E-state index >= 15 is 0 Å². The summed E-state index contributed by atoms with van der Waals surface area (Å²) in [5.74, 6) is 4.18. The van der Waals surface area contributed by atoms with Crippen molar-refractivity contribution >= 4 is 32.1 Å². The molecule has 0 aliphatic heterocycles. The zero-order chi connectivity index (χ0) is 23.7. The van der Waals surface area contributed by atoms with Crippen molar-refractivity contribution in [3.05, 3.63) is 96.6 Å². The molecule has 0 spiro atoms. The molecule has 0 aromatic heterocycles. The molecule has 3 aromatic carbocycles. The molecule has 0 amide bonds. The molecule has 0 saturated heterocycles. The first-order valence-electron chi connectivity index (χ1n) is 11.1. The molecule has 0 saturated carbocycles. The number of rotatable bonds is 8. The van der Waals surface area contributed by atoms with Gasteiger partial charge in [-0.25, -0.2) is 0 Å². The summed E-state index contributed by atoms with van der Waals surface area (Å²) in [6.07, 6.45) is 4.70. The van der Waals surface area contributed by atoms with E-state index in [9.17, 15) is 4.57 Å². The number of nitrogens with one attached hydrogen (secondary N) is 1. The Labute approximate surface area is 199 Å². The molecule has 0 unspecified atom stereocenters. The Kier molecular flexibility index (Phi) is 8.53. The summed E-state index contributed by atoms with van der Waals surface area (Å²) in [5, 5.41) is 5.08. The van der Waals surface area contributed by atoms with E-state index in [1.165, 1.54) is 0 Å². The number of ether oxygens (including phenoxy) is 1. The molecule has 0 radical (unpaired) electrons. The molecule has 170 valence electrons. The molecule has 3 aromatic rings. The van der Waals surface area contributed by atoms with Gasteiger partial charge in [0.25, 0.3) is 0 Å².